The fourth-order valence-electron chi connectivity index (χ4n) is 1.50. The van der Waals surface area contributed by atoms with Crippen molar-refractivity contribution in [1.29, 1.82) is 0 Å². The van der Waals surface area contributed by atoms with E-state index in [2.05, 4.69) is 24.3 Å². The zero-order valence-corrected chi connectivity index (χ0v) is 8.83. The van der Waals surface area contributed by atoms with Crippen LogP contribution in [-0.2, 0) is 6.54 Å². The minimum atomic E-state index is 0.338. The summed E-state index contributed by atoms with van der Waals surface area (Å²) in [7, 11) is 0. The lowest BCUT2D eigenvalue weighted by Gasteiger charge is -2.06. The van der Waals surface area contributed by atoms with Crippen LogP contribution < -0.4 is 11.1 Å². The van der Waals surface area contributed by atoms with E-state index in [1.165, 1.54) is 12.8 Å². The van der Waals surface area contributed by atoms with Crippen LogP contribution in [0, 0.1) is 0 Å². The SMILES string of the molecule is CC(C)n1nc(CNC2CC2)cc1N. The minimum absolute atomic E-state index is 0.338. The number of hydrogen-bond acceptors (Lipinski definition) is 3. The number of rotatable bonds is 4. The van der Waals surface area contributed by atoms with Gasteiger partial charge in [-0.2, -0.15) is 5.10 Å². The quantitative estimate of drug-likeness (QED) is 0.759. The highest BCUT2D eigenvalue weighted by Crippen LogP contribution is 2.19. The molecule has 78 valence electrons. The Morgan fingerprint density at radius 2 is 2.36 bits per heavy atom. The Bertz CT molecular complexity index is 312. The Kier molecular flexibility index (Phi) is 2.46. The molecule has 3 N–H and O–H groups in total. The van der Waals surface area contributed by atoms with E-state index < -0.39 is 0 Å². The number of anilines is 1. The molecule has 4 nitrogen and oxygen atoms in total. The first-order valence-corrected chi connectivity index (χ1v) is 5.24. The first-order valence-electron chi connectivity index (χ1n) is 5.24. The van der Waals surface area contributed by atoms with Crippen molar-refractivity contribution in [2.75, 3.05) is 5.73 Å². The molecule has 0 bridgehead atoms. The molecule has 1 fully saturated rings. The molecule has 1 heterocycles. The third-order valence-corrected chi connectivity index (χ3v) is 2.45. The van der Waals surface area contributed by atoms with Crippen LogP contribution in [0.5, 0.6) is 0 Å². The van der Waals surface area contributed by atoms with Gasteiger partial charge in [0.05, 0.1) is 5.69 Å². The van der Waals surface area contributed by atoms with Gasteiger partial charge in [-0.3, -0.25) is 0 Å². The van der Waals surface area contributed by atoms with Gasteiger partial charge < -0.3 is 11.1 Å². The van der Waals surface area contributed by atoms with E-state index in [0.29, 0.717) is 6.04 Å². The van der Waals surface area contributed by atoms with Crippen LogP contribution in [0.3, 0.4) is 0 Å². The smallest absolute Gasteiger partial charge is 0.122 e. The standard InChI is InChI=1S/C10H18N4/c1-7(2)14-10(11)5-9(13-14)6-12-8-3-4-8/h5,7-8,12H,3-4,6,11H2,1-2H3. The van der Waals surface area contributed by atoms with Crippen molar-refractivity contribution >= 4 is 5.82 Å². The molecule has 0 atom stereocenters. The fourth-order valence-corrected chi connectivity index (χ4v) is 1.50. The first-order chi connectivity index (χ1) is 6.66. The predicted molar refractivity (Wildman–Crippen MR) is 56.9 cm³/mol. The zero-order chi connectivity index (χ0) is 10.1. The number of nitrogens with two attached hydrogens (primary N) is 1. The summed E-state index contributed by atoms with van der Waals surface area (Å²) in [6, 6.07) is 3.01. The summed E-state index contributed by atoms with van der Waals surface area (Å²) >= 11 is 0. The van der Waals surface area contributed by atoms with Crippen LogP contribution in [0.25, 0.3) is 0 Å². The number of nitrogens with one attached hydrogen (secondary N) is 1. The Morgan fingerprint density at radius 3 is 2.86 bits per heavy atom. The van der Waals surface area contributed by atoms with Gasteiger partial charge in [-0.1, -0.05) is 0 Å². The molecule has 1 aromatic heterocycles. The molecule has 0 saturated heterocycles. The van der Waals surface area contributed by atoms with Crippen LogP contribution >= 0.6 is 0 Å². The Labute approximate surface area is 84.5 Å². The van der Waals surface area contributed by atoms with Crippen LogP contribution in [0.1, 0.15) is 38.4 Å². The second kappa shape index (κ2) is 3.61. The largest absolute Gasteiger partial charge is 0.384 e. The van der Waals surface area contributed by atoms with E-state index in [-0.39, 0.29) is 0 Å². The van der Waals surface area contributed by atoms with Gasteiger partial charge in [0.1, 0.15) is 5.82 Å². The average molecular weight is 194 g/mol. The molecule has 4 heteroatoms. The van der Waals surface area contributed by atoms with Crippen LogP contribution in [0.2, 0.25) is 0 Å². The maximum absolute atomic E-state index is 5.84. The van der Waals surface area contributed by atoms with Crippen molar-refractivity contribution in [1.82, 2.24) is 15.1 Å². The van der Waals surface area contributed by atoms with Gasteiger partial charge in [-0.15, -0.1) is 0 Å². The van der Waals surface area contributed by atoms with Gasteiger partial charge in [0.2, 0.25) is 0 Å². The number of nitrogens with zero attached hydrogens (tertiary/aromatic N) is 2. The summed E-state index contributed by atoms with van der Waals surface area (Å²) < 4.78 is 1.86. The number of nitrogen functional groups attached to an aromatic ring is 1. The summed E-state index contributed by atoms with van der Waals surface area (Å²) in [6.45, 7) is 5.01. The summed E-state index contributed by atoms with van der Waals surface area (Å²) in [5, 5.41) is 7.86. The minimum Gasteiger partial charge on any atom is -0.384 e. The highest BCUT2D eigenvalue weighted by atomic mass is 15.3. The van der Waals surface area contributed by atoms with Gasteiger partial charge >= 0.3 is 0 Å². The predicted octanol–water partition coefficient (Wildman–Crippen LogP) is 1.30. The lowest BCUT2D eigenvalue weighted by molar-refractivity contribution is 0.528. The second-order valence-corrected chi connectivity index (χ2v) is 4.25. The van der Waals surface area contributed by atoms with Crippen molar-refractivity contribution in [2.45, 2.75) is 45.3 Å². The topological polar surface area (TPSA) is 55.9 Å². The van der Waals surface area contributed by atoms with E-state index >= 15 is 0 Å². The molecule has 0 aliphatic heterocycles. The number of aromatic nitrogens is 2. The van der Waals surface area contributed by atoms with Crippen molar-refractivity contribution < 1.29 is 0 Å². The lowest BCUT2D eigenvalue weighted by atomic mass is 10.4. The maximum atomic E-state index is 5.84. The third-order valence-electron chi connectivity index (χ3n) is 2.45. The second-order valence-electron chi connectivity index (χ2n) is 4.25. The Balaban J connectivity index is 1.99. The van der Waals surface area contributed by atoms with Crippen molar-refractivity contribution in [3.63, 3.8) is 0 Å². The van der Waals surface area contributed by atoms with E-state index in [1.54, 1.807) is 0 Å². The average Bonchev–Trinajstić information content (AvgIpc) is 2.86. The highest BCUT2D eigenvalue weighted by molar-refractivity contribution is 5.31. The van der Waals surface area contributed by atoms with E-state index in [0.717, 1.165) is 24.1 Å². The highest BCUT2D eigenvalue weighted by Gasteiger charge is 2.20. The Morgan fingerprint density at radius 1 is 1.64 bits per heavy atom. The fraction of sp³-hybridized carbons (Fsp3) is 0.700. The molecule has 2 rings (SSSR count). The van der Waals surface area contributed by atoms with Gasteiger partial charge in [0, 0.05) is 24.7 Å². The molecular formula is C10H18N4. The molecule has 0 unspecified atom stereocenters. The van der Waals surface area contributed by atoms with Crippen LogP contribution in [-0.4, -0.2) is 15.8 Å². The number of hydrogen-bond donors (Lipinski definition) is 2. The van der Waals surface area contributed by atoms with E-state index in [4.69, 9.17) is 5.73 Å². The third kappa shape index (κ3) is 2.07. The summed E-state index contributed by atoms with van der Waals surface area (Å²) in [5.74, 6) is 0.757. The molecule has 0 amide bonds. The first kappa shape index (κ1) is 9.52. The molecule has 1 aliphatic rings. The van der Waals surface area contributed by atoms with Gasteiger partial charge in [0.25, 0.3) is 0 Å². The maximum Gasteiger partial charge on any atom is 0.122 e. The van der Waals surface area contributed by atoms with E-state index in [1.807, 2.05) is 10.7 Å². The van der Waals surface area contributed by atoms with Crippen molar-refractivity contribution in [3.05, 3.63) is 11.8 Å². The lowest BCUT2D eigenvalue weighted by Crippen LogP contribution is -2.16. The monoisotopic (exact) mass is 194 g/mol. The van der Waals surface area contributed by atoms with Gasteiger partial charge in [-0.25, -0.2) is 4.68 Å². The summed E-state index contributed by atoms with van der Waals surface area (Å²) in [5.41, 5.74) is 6.88. The summed E-state index contributed by atoms with van der Waals surface area (Å²) in [4.78, 5) is 0. The summed E-state index contributed by atoms with van der Waals surface area (Å²) in [6.07, 6.45) is 2.61. The molecule has 0 aromatic carbocycles. The van der Waals surface area contributed by atoms with Gasteiger partial charge in [0.15, 0.2) is 0 Å². The van der Waals surface area contributed by atoms with Gasteiger partial charge in [-0.05, 0) is 26.7 Å². The molecule has 1 aliphatic carbocycles. The molecule has 1 saturated carbocycles. The molecule has 0 spiro atoms. The van der Waals surface area contributed by atoms with Crippen molar-refractivity contribution in [2.24, 2.45) is 0 Å². The molecule has 1 aromatic rings. The van der Waals surface area contributed by atoms with Crippen LogP contribution in [0.15, 0.2) is 6.07 Å². The normalized spacial score (nSPS) is 16.5. The molecule has 14 heavy (non-hydrogen) atoms. The Hall–Kier alpha value is -1.03. The van der Waals surface area contributed by atoms with E-state index in [9.17, 15) is 0 Å². The van der Waals surface area contributed by atoms with Crippen LogP contribution in [0.4, 0.5) is 5.82 Å². The molecule has 0 radical (unpaired) electrons. The zero-order valence-electron chi connectivity index (χ0n) is 8.83. The van der Waals surface area contributed by atoms with Crippen molar-refractivity contribution in [3.8, 4) is 0 Å². The molecular weight excluding hydrogens is 176 g/mol.